The molecule has 1 atom stereocenters. The van der Waals surface area contributed by atoms with Gasteiger partial charge < -0.3 is 25.4 Å². The number of carbonyl (C=O) groups is 3. The number of benzene rings is 3. The number of aromatic hydroxyl groups is 1. The lowest BCUT2D eigenvalue weighted by Crippen LogP contribution is -2.47. The van der Waals surface area contributed by atoms with E-state index in [0.29, 0.717) is 23.2 Å². The third-order valence-corrected chi connectivity index (χ3v) is 7.00. The van der Waals surface area contributed by atoms with Gasteiger partial charge in [0.15, 0.2) is 0 Å². The van der Waals surface area contributed by atoms with Crippen molar-refractivity contribution in [3.05, 3.63) is 71.8 Å². The van der Waals surface area contributed by atoms with Gasteiger partial charge in [0.05, 0.1) is 0 Å². The molecule has 0 aliphatic carbocycles. The van der Waals surface area contributed by atoms with E-state index in [9.17, 15) is 19.5 Å². The van der Waals surface area contributed by atoms with Gasteiger partial charge >= 0.3 is 6.09 Å². The average Bonchev–Trinajstić information content (AvgIpc) is 2.94. The Morgan fingerprint density at radius 2 is 1.60 bits per heavy atom. The molecule has 3 aromatic rings. The Bertz CT molecular complexity index is 1360. The highest BCUT2D eigenvalue weighted by molar-refractivity contribution is 6.00. The van der Waals surface area contributed by atoms with E-state index in [1.54, 1.807) is 45.9 Å². The van der Waals surface area contributed by atoms with E-state index >= 15 is 0 Å². The van der Waals surface area contributed by atoms with E-state index in [1.165, 1.54) is 4.90 Å². The Labute approximate surface area is 249 Å². The number of phenols is 1. The van der Waals surface area contributed by atoms with Gasteiger partial charge in [-0.1, -0.05) is 87.6 Å². The summed E-state index contributed by atoms with van der Waals surface area (Å²) in [7, 11) is 0. The standard InChI is InChI=1S/C34H45N3O5/c1-6-7-8-9-10-13-21-37(29(38)23-35-33(41)42-34(3,4)5)30(28-18-14-15-24(2)31(28)39)32(40)36-27-20-19-25-16-11-12-17-26(25)22-27/h11-12,14-20,22,30,39H,6-10,13,21,23H2,1-5H3,(H,35,41)(H,36,40). The van der Waals surface area contributed by atoms with E-state index in [-0.39, 0.29) is 18.8 Å². The number of fused-ring (bicyclic) bond motifs is 1. The molecule has 0 saturated heterocycles. The number of ether oxygens (including phenoxy) is 1. The van der Waals surface area contributed by atoms with Crippen molar-refractivity contribution in [2.75, 3.05) is 18.4 Å². The van der Waals surface area contributed by atoms with Gasteiger partial charge in [0.25, 0.3) is 5.91 Å². The number of aryl methyl sites for hydroxylation is 1. The quantitative estimate of drug-likeness (QED) is 0.186. The van der Waals surface area contributed by atoms with Gasteiger partial charge in [0.2, 0.25) is 5.91 Å². The minimum atomic E-state index is -1.13. The summed E-state index contributed by atoms with van der Waals surface area (Å²) in [5, 5.41) is 18.6. The predicted octanol–water partition coefficient (Wildman–Crippen LogP) is 7.25. The Hall–Kier alpha value is -4.07. The Kier molecular flexibility index (Phi) is 11.8. The number of nitrogens with one attached hydrogen (secondary N) is 2. The molecule has 3 aromatic carbocycles. The summed E-state index contributed by atoms with van der Waals surface area (Å²) in [5.41, 5.74) is 0.774. The van der Waals surface area contributed by atoms with Gasteiger partial charge in [-0.15, -0.1) is 0 Å². The Morgan fingerprint density at radius 3 is 2.31 bits per heavy atom. The van der Waals surface area contributed by atoms with Crippen LogP contribution in [0.15, 0.2) is 60.7 Å². The summed E-state index contributed by atoms with van der Waals surface area (Å²) >= 11 is 0. The summed E-state index contributed by atoms with van der Waals surface area (Å²) in [6.45, 7) is 9.07. The van der Waals surface area contributed by atoms with Crippen molar-refractivity contribution in [2.24, 2.45) is 0 Å². The molecule has 3 rings (SSSR count). The number of alkyl carbamates (subject to hydrolysis) is 1. The van der Waals surface area contributed by atoms with Gasteiger partial charge in [0.1, 0.15) is 23.9 Å². The molecule has 0 aliphatic heterocycles. The normalized spacial score (nSPS) is 12.0. The van der Waals surface area contributed by atoms with Gasteiger partial charge in [-0.2, -0.15) is 0 Å². The maximum atomic E-state index is 14.0. The zero-order valence-corrected chi connectivity index (χ0v) is 25.5. The molecule has 0 spiro atoms. The van der Waals surface area contributed by atoms with E-state index in [4.69, 9.17) is 4.74 Å². The highest BCUT2D eigenvalue weighted by Gasteiger charge is 2.34. The molecule has 0 fully saturated rings. The zero-order chi connectivity index (χ0) is 30.7. The maximum Gasteiger partial charge on any atom is 0.408 e. The van der Waals surface area contributed by atoms with E-state index < -0.39 is 29.6 Å². The first-order valence-electron chi connectivity index (χ1n) is 14.8. The van der Waals surface area contributed by atoms with Crippen molar-refractivity contribution in [1.82, 2.24) is 10.2 Å². The molecular weight excluding hydrogens is 530 g/mol. The van der Waals surface area contributed by atoms with Gasteiger partial charge in [-0.25, -0.2) is 4.79 Å². The van der Waals surface area contributed by atoms with E-state index in [1.807, 2.05) is 42.5 Å². The number of phenolic OH excluding ortho intramolecular Hbond substituents is 1. The molecule has 0 aromatic heterocycles. The number of unbranched alkanes of at least 4 members (excludes halogenated alkanes) is 5. The lowest BCUT2D eigenvalue weighted by molar-refractivity contribution is -0.138. The highest BCUT2D eigenvalue weighted by atomic mass is 16.6. The van der Waals surface area contributed by atoms with Crippen LogP contribution in [0.25, 0.3) is 10.8 Å². The van der Waals surface area contributed by atoms with E-state index in [0.717, 1.165) is 42.9 Å². The van der Waals surface area contributed by atoms with Crippen LogP contribution in [0.3, 0.4) is 0 Å². The third-order valence-electron chi connectivity index (χ3n) is 7.00. The summed E-state index contributed by atoms with van der Waals surface area (Å²) in [6.07, 6.45) is 5.26. The summed E-state index contributed by atoms with van der Waals surface area (Å²) in [6, 6.07) is 17.5. The Balaban J connectivity index is 1.93. The molecule has 8 nitrogen and oxygen atoms in total. The lowest BCUT2D eigenvalue weighted by Gasteiger charge is -2.32. The number of amides is 3. The molecule has 1 unspecified atom stereocenters. The first-order valence-corrected chi connectivity index (χ1v) is 14.8. The molecular formula is C34H45N3O5. The van der Waals surface area contributed by atoms with Crippen molar-refractivity contribution < 1.29 is 24.2 Å². The smallest absolute Gasteiger partial charge is 0.408 e. The van der Waals surface area contributed by atoms with Gasteiger partial charge in [0, 0.05) is 17.8 Å². The fourth-order valence-corrected chi connectivity index (χ4v) is 4.85. The zero-order valence-electron chi connectivity index (χ0n) is 25.5. The van der Waals surface area contributed by atoms with Crippen molar-refractivity contribution >= 4 is 34.4 Å². The van der Waals surface area contributed by atoms with Crippen LogP contribution in [-0.4, -0.2) is 46.6 Å². The lowest BCUT2D eigenvalue weighted by atomic mass is 9.99. The second-order valence-electron chi connectivity index (χ2n) is 11.7. The van der Waals surface area contributed by atoms with Crippen molar-refractivity contribution in [3.63, 3.8) is 0 Å². The van der Waals surface area contributed by atoms with Crippen LogP contribution in [0.4, 0.5) is 10.5 Å². The molecule has 3 N–H and O–H groups in total. The minimum absolute atomic E-state index is 0.0444. The number of hydrogen-bond donors (Lipinski definition) is 3. The summed E-state index contributed by atoms with van der Waals surface area (Å²) in [5.74, 6) is -0.950. The highest BCUT2D eigenvalue weighted by Crippen LogP contribution is 2.33. The fourth-order valence-electron chi connectivity index (χ4n) is 4.85. The summed E-state index contributed by atoms with van der Waals surface area (Å²) < 4.78 is 5.31. The number of hydrogen-bond acceptors (Lipinski definition) is 5. The first kappa shape index (κ1) is 32.4. The van der Waals surface area contributed by atoms with Crippen LogP contribution in [-0.2, 0) is 14.3 Å². The van der Waals surface area contributed by atoms with Gasteiger partial charge in [-0.3, -0.25) is 9.59 Å². The van der Waals surface area contributed by atoms with E-state index in [2.05, 4.69) is 17.6 Å². The van der Waals surface area contributed by atoms with Crippen LogP contribution in [0.2, 0.25) is 0 Å². The van der Waals surface area contributed by atoms with Crippen LogP contribution >= 0.6 is 0 Å². The average molecular weight is 576 g/mol. The Morgan fingerprint density at radius 1 is 0.905 bits per heavy atom. The number of para-hydroxylation sites is 1. The largest absolute Gasteiger partial charge is 0.507 e. The molecule has 226 valence electrons. The molecule has 0 aliphatic rings. The molecule has 42 heavy (non-hydrogen) atoms. The molecule has 0 heterocycles. The van der Waals surface area contributed by atoms with Crippen molar-refractivity contribution in [2.45, 2.75) is 84.8 Å². The third kappa shape index (κ3) is 9.50. The van der Waals surface area contributed by atoms with Crippen molar-refractivity contribution in [1.29, 1.82) is 0 Å². The fraction of sp³-hybridized carbons (Fsp3) is 0.441. The molecule has 0 radical (unpaired) electrons. The maximum absolute atomic E-state index is 14.0. The first-order chi connectivity index (χ1) is 20.0. The topological polar surface area (TPSA) is 108 Å². The molecule has 0 saturated carbocycles. The number of rotatable bonds is 13. The molecule has 0 bridgehead atoms. The van der Waals surface area contributed by atoms with Crippen LogP contribution < -0.4 is 10.6 Å². The SMILES string of the molecule is CCCCCCCCN(C(=O)CNC(=O)OC(C)(C)C)C(C(=O)Nc1ccc2ccccc2c1)c1cccc(C)c1O. The minimum Gasteiger partial charge on any atom is -0.507 e. The van der Waals surface area contributed by atoms with Gasteiger partial charge in [-0.05, 0) is 62.6 Å². The summed E-state index contributed by atoms with van der Waals surface area (Å²) in [4.78, 5) is 41.6. The molecule has 8 heteroatoms. The number of nitrogens with zero attached hydrogens (tertiary/aromatic N) is 1. The van der Waals surface area contributed by atoms with Crippen LogP contribution in [0.1, 0.15) is 83.4 Å². The van der Waals surface area contributed by atoms with Crippen LogP contribution in [0, 0.1) is 6.92 Å². The van der Waals surface area contributed by atoms with Crippen molar-refractivity contribution in [3.8, 4) is 5.75 Å². The second kappa shape index (κ2) is 15.2. The monoisotopic (exact) mass is 575 g/mol. The second-order valence-corrected chi connectivity index (χ2v) is 11.7. The molecule has 3 amide bonds. The van der Waals surface area contributed by atoms with Crippen LogP contribution in [0.5, 0.6) is 5.75 Å². The predicted molar refractivity (Wildman–Crippen MR) is 167 cm³/mol. The number of carbonyl (C=O) groups excluding carboxylic acids is 3. The number of anilines is 1.